The second-order valence-electron chi connectivity index (χ2n) is 13.2. The maximum absolute atomic E-state index is 4.72. The number of halogens is 1. The summed E-state index contributed by atoms with van der Waals surface area (Å²) < 4.78 is 6.39. The zero-order valence-corrected chi connectivity index (χ0v) is 43.2. The van der Waals surface area contributed by atoms with E-state index in [9.17, 15) is 0 Å². The van der Waals surface area contributed by atoms with Gasteiger partial charge in [-0.1, -0.05) is 97.2 Å². The fraction of sp³-hybridized carbons (Fsp3) is 0.524. The van der Waals surface area contributed by atoms with Crippen molar-refractivity contribution in [3.63, 3.8) is 0 Å². The molecule has 4 aliphatic heterocycles. The molecule has 0 spiro atoms. The summed E-state index contributed by atoms with van der Waals surface area (Å²) in [4.78, 5) is 26.4. The third-order valence-electron chi connectivity index (χ3n) is 8.18. The Balaban J connectivity index is -0.000000616. The number of ether oxygens (including phenoxy) is 1. The molecule has 8 rings (SSSR count). The Kier molecular flexibility index (Phi) is 39.2. The Morgan fingerprint density at radius 1 is 0.786 bits per heavy atom. The maximum Gasteiger partial charge on any atom is 1.00 e. The summed E-state index contributed by atoms with van der Waals surface area (Å²) in [6, 6.07) is 0. The number of epoxide rings is 1. The number of aryl methyl sites for hydroxylation is 1. The molecule has 11 nitrogen and oxygen atoms in total. The number of allylic oxidation sites excluding steroid dienone is 4. The first-order valence-electron chi connectivity index (χ1n) is 18.6. The first-order valence-corrected chi connectivity index (χ1v) is 20.7. The van der Waals surface area contributed by atoms with E-state index in [1.54, 1.807) is 31.8 Å². The predicted octanol–water partition coefficient (Wildman–Crippen LogP) is 0.620. The number of alkyl halides is 1. The van der Waals surface area contributed by atoms with Crippen molar-refractivity contribution in [2.75, 3.05) is 79.4 Å². The molecule has 300 valence electrons. The van der Waals surface area contributed by atoms with Crippen molar-refractivity contribution in [3.05, 3.63) is 98.9 Å². The van der Waals surface area contributed by atoms with Crippen LogP contribution in [0.25, 0.3) is 0 Å². The van der Waals surface area contributed by atoms with Crippen molar-refractivity contribution in [1.82, 2.24) is 48.9 Å². The van der Waals surface area contributed by atoms with Crippen LogP contribution < -0.4 is 85.9 Å². The van der Waals surface area contributed by atoms with Gasteiger partial charge in [0.15, 0.2) is 0 Å². The molecule has 6 heterocycles. The number of rotatable bonds is 6. The van der Waals surface area contributed by atoms with Gasteiger partial charge >= 0.3 is 80.9 Å². The van der Waals surface area contributed by atoms with E-state index in [0.717, 1.165) is 45.7 Å². The van der Waals surface area contributed by atoms with Crippen LogP contribution in [0.3, 0.4) is 0 Å². The SMILES string of the molecule is C#CC#CC.C1CO1.CI.CN1C=CN(C)C1.CN1C=CN(CCC2C=CC=C2)C1.CN1C=CN(CCC2CCCC2)C1.Cn1ccnc1.[H-].[K+].[Na+].c1c[n-]cn1. The van der Waals surface area contributed by atoms with E-state index >= 15 is 0 Å². The zero-order valence-electron chi connectivity index (χ0n) is 36.9. The van der Waals surface area contributed by atoms with Crippen LogP contribution in [0.5, 0.6) is 0 Å². The minimum atomic E-state index is 0. The van der Waals surface area contributed by atoms with Gasteiger partial charge in [-0.25, -0.2) is 4.98 Å². The summed E-state index contributed by atoms with van der Waals surface area (Å²) in [5.41, 5.74) is 0. The van der Waals surface area contributed by atoms with Crippen LogP contribution in [0.15, 0.2) is 98.9 Å². The van der Waals surface area contributed by atoms with Crippen LogP contribution in [0.1, 0.15) is 46.9 Å². The van der Waals surface area contributed by atoms with E-state index in [4.69, 9.17) is 6.42 Å². The Bertz CT molecular complexity index is 1380. The molecular weight excluding hydrogens is 850 g/mol. The normalized spacial score (nSPS) is 16.1. The topological polar surface area (TPSA) is 76.8 Å². The average Bonchev–Trinajstić information content (AvgIpc) is 3.95. The summed E-state index contributed by atoms with van der Waals surface area (Å²) in [5.74, 6) is 8.77. The van der Waals surface area contributed by atoms with E-state index in [1.807, 2.05) is 22.7 Å². The molecule has 2 aromatic rings. The molecule has 0 amide bonds. The first-order chi connectivity index (χ1) is 26.3. The fourth-order valence-corrected chi connectivity index (χ4v) is 5.37. The van der Waals surface area contributed by atoms with E-state index in [-0.39, 0.29) is 82.4 Å². The van der Waals surface area contributed by atoms with Crippen molar-refractivity contribution >= 4 is 22.6 Å². The average molecular weight is 917 g/mol. The molecule has 2 aliphatic carbocycles. The zero-order chi connectivity index (χ0) is 39.7. The van der Waals surface area contributed by atoms with Crippen molar-refractivity contribution in [2.24, 2.45) is 18.9 Å². The van der Waals surface area contributed by atoms with E-state index in [1.165, 1.54) is 51.4 Å². The van der Waals surface area contributed by atoms with Gasteiger partial charge in [0.1, 0.15) is 0 Å². The van der Waals surface area contributed by atoms with Gasteiger partial charge in [0, 0.05) is 97.9 Å². The first kappa shape index (κ1) is 56.5. The minimum absolute atomic E-state index is 0. The van der Waals surface area contributed by atoms with Gasteiger partial charge in [0.25, 0.3) is 0 Å². The van der Waals surface area contributed by atoms with Crippen LogP contribution in [0.4, 0.5) is 0 Å². The van der Waals surface area contributed by atoms with E-state index in [0.29, 0.717) is 5.92 Å². The van der Waals surface area contributed by atoms with Crippen molar-refractivity contribution in [1.29, 1.82) is 0 Å². The minimum Gasteiger partial charge on any atom is -1.00 e. The van der Waals surface area contributed by atoms with Gasteiger partial charge in [-0.15, -0.1) is 6.42 Å². The van der Waals surface area contributed by atoms with Gasteiger partial charge in [-0.05, 0) is 48.4 Å². The quantitative estimate of drug-likeness (QED) is 0.136. The molecule has 56 heavy (non-hydrogen) atoms. The largest absolute Gasteiger partial charge is 1.00 e. The summed E-state index contributed by atoms with van der Waals surface area (Å²) in [7, 11) is 10.3. The second-order valence-corrected chi connectivity index (χ2v) is 13.2. The molecule has 0 bridgehead atoms. The monoisotopic (exact) mass is 916 g/mol. The molecule has 0 aromatic carbocycles. The number of imidazole rings is 2. The number of hydrogen-bond donors (Lipinski definition) is 0. The third-order valence-corrected chi connectivity index (χ3v) is 8.18. The molecule has 2 aromatic heterocycles. The third kappa shape index (κ3) is 33.3. The van der Waals surface area contributed by atoms with Crippen LogP contribution >= 0.6 is 22.6 Å². The molecule has 6 aliphatic rings. The molecule has 0 N–H and O–H groups in total. The van der Waals surface area contributed by atoms with Crippen LogP contribution in [-0.4, -0.2) is 123 Å². The molecule has 0 unspecified atom stereocenters. The smallest absolute Gasteiger partial charge is 1.00 e. The van der Waals surface area contributed by atoms with Crippen LogP contribution in [-0.2, 0) is 11.8 Å². The summed E-state index contributed by atoms with van der Waals surface area (Å²) in [6.07, 6.45) is 45.0. The molecule has 0 radical (unpaired) electrons. The number of terminal acetylenes is 1. The van der Waals surface area contributed by atoms with Crippen molar-refractivity contribution < 1.29 is 87.1 Å². The Hall–Kier alpha value is -1.63. The fourth-order valence-electron chi connectivity index (χ4n) is 5.37. The molecule has 2 fully saturated rings. The van der Waals surface area contributed by atoms with Crippen LogP contribution in [0.2, 0.25) is 0 Å². The molecular formula is C42H67IKN10NaO. The van der Waals surface area contributed by atoms with Crippen LogP contribution in [0, 0.1) is 36.0 Å². The summed E-state index contributed by atoms with van der Waals surface area (Å²) in [5, 5.41) is 0. The maximum atomic E-state index is 4.72. The number of nitrogens with zero attached hydrogens (tertiary/aromatic N) is 10. The molecule has 14 heteroatoms. The Morgan fingerprint density at radius 2 is 1.30 bits per heavy atom. The number of aromatic nitrogens is 4. The Labute approximate surface area is 420 Å². The van der Waals surface area contributed by atoms with Gasteiger partial charge in [0.2, 0.25) is 0 Å². The second kappa shape index (κ2) is 38.9. The Morgan fingerprint density at radius 3 is 1.59 bits per heavy atom. The summed E-state index contributed by atoms with van der Waals surface area (Å²) in [6.45, 7) is 9.28. The van der Waals surface area contributed by atoms with Crippen molar-refractivity contribution in [3.8, 4) is 24.2 Å². The van der Waals surface area contributed by atoms with Crippen molar-refractivity contribution in [2.45, 2.75) is 45.4 Å². The van der Waals surface area contributed by atoms with Gasteiger partial charge < -0.3 is 50.1 Å². The molecule has 0 atom stereocenters. The van der Waals surface area contributed by atoms with Gasteiger partial charge in [-0.3, -0.25) is 0 Å². The van der Waals surface area contributed by atoms with E-state index < -0.39 is 0 Å². The van der Waals surface area contributed by atoms with E-state index in [2.05, 4.69) is 179 Å². The van der Waals surface area contributed by atoms with Gasteiger partial charge in [-0.2, -0.15) is 0 Å². The number of hydrogen-bond acceptors (Lipinski definition) is 9. The van der Waals surface area contributed by atoms with Gasteiger partial charge in [0.05, 0.1) is 39.5 Å². The molecule has 1 saturated carbocycles. The molecule has 1 saturated heterocycles. The standard InChI is InChI=1S/C11H20N2.C11H16N2.C5H10N2.C5H4.C4H6N2.C3H3N2.C2H4O.CH3I.K.Na.H/c2*1-12-8-9-13(10-12)7-6-11-4-2-3-5-11;1-6-3-4-7(2)5-6;1-3-5-4-2;1-6-3-2-5-4-6;1-2-5-3-4-1;1-2-3-1;1-2;;;/h8-9,11H,2-7,10H2,1H3;2-5,8-9,11H,6-7,10H2,1H3;3-4H,5H2,1-2H3;1H,2H3;2-4H,1H3;1-3H;1-2H2;1H3;;;/q;;;;;-1;;;2*+1;-1. The predicted molar refractivity (Wildman–Crippen MR) is 234 cm³/mol. The summed E-state index contributed by atoms with van der Waals surface area (Å²) >= 11 is 2.15.